The van der Waals surface area contributed by atoms with Crippen molar-refractivity contribution in [1.82, 2.24) is 19.9 Å². The summed E-state index contributed by atoms with van der Waals surface area (Å²) in [7, 11) is 0. The molecule has 1 N–H and O–H groups in total. The molecular formula is C21H21N5O3. The number of rotatable bonds is 6. The fraction of sp³-hybridized carbons (Fsp3) is 0.238. The first-order valence-electron chi connectivity index (χ1n) is 9.34. The summed E-state index contributed by atoms with van der Waals surface area (Å²) in [4.78, 5) is 25.4. The summed E-state index contributed by atoms with van der Waals surface area (Å²) in [5.41, 5.74) is 2.00. The summed E-state index contributed by atoms with van der Waals surface area (Å²) in [6, 6.07) is 16.5. The Morgan fingerprint density at radius 1 is 1.10 bits per heavy atom. The third kappa shape index (κ3) is 4.43. The Bertz CT molecular complexity index is 995. The fourth-order valence-electron chi connectivity index (χ4n) is 3.10. The molecule has 4 rings (SSSR count). The zero-order chi connectivity index (χ0) is 20.2. The molecule has 0 radical (unpaired) electrons. The van der Waals surface area contributed by atoms with E-state index in [4.69, 9.17) is 4.74 Å². The Labute approximate surface area is 168 Å². The van der Waals surface area contributed by atoms with Crippen LogP contribution in [0.1, 0.15) is 29.0 Å². The van der Waals surface area contributed by atoms with Crippen LogP contribution in [0.15, 0.2) is 60.8 Å². The van der Waals surface area contributed by atoms with Crippen molar-refractivity contribution in [2.24, 2.45) is 0 Å². The highest BCUT2D eigenvalue weighted by molar-refractivity contribution is 5.96. The van der Waals surface area contributed by atoms with Crippen molar-refractivity contribution in [1.29, 1.82) is 0 Å². The monoisotopic (exact) mass is 391 g/mol. The second-order valence-corrected chi connectivity index (χ2v) is 6.91. The number of carbonyl (C=O) groups is 2. The first-order chi connectivity index (χ1) is 14.1. The largest absolute Gasteiger partial charge is 0.487 e. The molecule has 0 aliphatic carbocycles. The molecule has 2 amide bonds. The number of ether oxygens (including phenoxy) is 1. The Kier molecular flexibility index (Phi) is 5.24. The Morgan fingerprint density at radius 3 is 2.52 bits per heavy atom. The number of hydrogen-bond acceptors (Lipinski definition) is 5. The van der Waals surface area contributed by atoms with Gasteiger partial charge in [-0.25, -0.2) is 4.68 Å². The number of para-hydroxylation sites is 1. The molecule has 0 atom stereocenters. The van der Waals surface area contributed by atoms with Gasteiger partial charge in [-0.1, -0.05) is 23.4 Å². The number of nitrogens with one attached hydrogen (secondary N) is 1. The molecule has 3 aromatic rings. The second-order valence-electron chi connectivity index (χ2n) is 6.91. The number of aromatic nitrogens is 3. The molecule has 1 fully saturated rings. The van der Waals surface area contributed by atoms with Crippen LogP contribution in [0.4, 0.5) is 5.69 Å². The van der Waals surface area contributed by atoms with Gasteiger partial charge in [0.2, 0.25) is 5.91 Å². The Hall–Kier alpha value is -3.68. The van der Waals surface area contributed by atoms with Crippen molar-refractivity contribution in [3.8, 4) is 5.75 Å². The molecule has 1 aromatic heterocycles. The molecule has 2 aromatic carbocycles. The summed E-state index contributed by atoms with van der Waals surface area (Å²) < 4.78 is 7.47. The molecule has 1 saturated heterocycles. The normalized spacial score (nSPS) is 13.6. The summed E-state index contributed by atoms with van der Waals surface area (Å²) in [6.07, 6.45) is 1.86. The standard InChI is InChI=1S/C21H21N5O3/c1-15(27)22-17-9-7-16(8-10-17)21(28)25-12-19(13-25)26-11-18(23-24-26)14-29-20-5-3-2-4-6-20/h2-11,19H,12-14H2,1H3,(H,22,27). The number of benzene rings is 2. The number of hydrogen-bond donors (Lipinski definition) is 1. The van der Waals surface area contributed by atoms with Crippen molar-refractivity contribution >= 4 is 17.5 Å². The molecule has 1 aliphatic heterocycles. The lowest BCUT2D eigenvalue weighted by atomic mass is 10.1. The van der Waals surface area contributed by atoms with E-state index in [-0.39, 0.29) is 17.9 Å². The van der Waals surface area contributed by atoms with Gasteiger partial charge in [0.25, 0.3) is 5.91 Å². The molecular weight excluding hydrogens is 370 g/mol. The Balaban J connectivity index is 1.29. The highest BCUT2D eigenvalue weighted by Gasteiger charge is 2.33. The van der Waals surface area contributed by atoms with Gasteiger partial charge in [-0.2, -0.15) is 0 Å². The predicted molar refractivity (Wildman–Crippen MR) is 106 cm³/mol. The molecule has 8 nitrogen and oxygen atoms in total. The maximum absolute atomic E-state index is 12.6. The highest BCUT2D eigenvalue weighted by atomic mass is 16.5. The van der Waals surface area contributed by atoms with Gasteiger partial charge >= 0.3 is 0 Å². The van der Waals surface area contributed by atoms with Gasteiger partial charge in [0.15, 0.2) is 0 Å². The van der Waals surface area contributed by atoms with Crippen LogP contribution in [0.25, 0.3) is 0 Å². The quantitative estimate of drug-likeness (QED) is 0.697. The van der Waals surface area contributed by atoms with Crippen molar-refractivity contribution in [2.45, 2.75) is 19.6 Å². The number of likely N-dealkylation sites (tertiary alicyclic amines) is 1. The van der Waals surface area contributed by atoms with E-state index < -0.39 is 0 Å². The summed E-state index contributed by atoms with van der Waals surface area (Å²) in [5.74, 6) is 0.603. The smallest absolute Gasteiger partial charge is 0.254 e. The zero-order valence-corrected chi connectivity index (χ0v) is 16.0. The van der Waals surface area contributed by atoms with Gasteiger partial charge in [-0.05, 0) is 36.4 Å². The number of carbonyl (C=O) groups excluding carboxylic acids is 2. The summed E-state index contributed by atoms with van der Waals surface area (Å²) in [6.45, 7) is 2.95. The SMILES string of the molecule is CC(=O)Nc1ccc(C(=O)N2CC(n3cc(COc4ccccc4)nn3)C2)cc1. The van der Waals surface area contributed by atoms with Gasteiger partial charge in [-0.15, -0.1) is 5.10 Å². The van der Waals surface area contributed by atoms with Crippen LogP contribution in [0.5, 0.6) is 5.75 Å². The van der Waals surface area contributed by atoms with Crippen molar-refractivity contribution in [3.63, 3.8) is 0 Å². The van der Waals surface area contributed by atoms with Crippen LogP contribution in [-0.2, 0) is 11.4 Å². The summed E-state index contributed by atoms with van der Waals surface area (Å²) >= 11 is 0. The van der Waals surface area contributed by atoms with E-state index in [1.807, 2.05) is 36.5 Å². The van der Waals surface area contributed by atoms with E-state index in [1.54, 1.807) is 33.8 Å². The average molecular weight is 391 g/mol. The average Bonchev–Trinajstić information content (AvgIpc) is 3.14. The molecule has 1 aliphatic rings. The maximum atomic E-state index is 12.6. The van der Waals surface area contributed by atoms with E-state index >= 15 is 0 Å². The van der Waals surface area contributed by atoms with Gasteiger partial charge < -0.3 is 15.0 Å². The van der Waals surface area contributed by atoms with Crippen molar-refractivity contribution in [3.05, 3.63) is 72.1 Å². The van der Waals surface area contributed by atoms with Gasteiger partial charge in [0, 0.05) is 31.3 Å². The zero-order valence-electron chi connectivity index (χ0n) is 16.0. The van der Waals surface area contributed by atoms with Crippen LogP contribution < -0.4 is 10.1 Å². The lowest BCUT2D eigenvalue weighted by molar-refractivity contribution is -0.114. The second kappa shape index (κ2) is 8.14. The van der Waals surface area contributed by atoms with E-state index in [0.717, 1.165) is 11.4 Å². The van der Waals surface area contributed by atoms with Crippen molar-refractivity contribution in [2.75, 3.05) is 18.4 Å². The lowest BCUT2D eigenvalue weighted by Gasteiger charge is -2.38. The third-order valence-electron chi connectivity index (χ3n) is 4.66. The molecule has 0 bridgehead atoms. The molecule has 0 saturated carbocycles. The van der Waals surface area contributed by atoms with Crippen LogP contribution in [-0.4, -0.2) is 44.8 Å². The number of anilines is 1. The van der Waals surface area contributed by atoms with E-state index in [1.165, 1.54) is 6.92 Å². The number of amides is 2. The lowest BCUT2D eigenvalue weighted by Crippen LogP contribution is -2.50. The van der Waals surface area contributed by atoms with Crippen LogP contribution in [0.3, 0.4) is 0 Å². The predicted octanol–water partition coefficient (Wildman–Crippen LogP) is 2.51. The first kappa shape index (κ1) is 18.7. The van der Waals surface area contributed by atoms with E-state index in [9.17, 15) is 9.59 Å². The van der Waals surface area contributed by atoms with Gasteiger partial charge in [0.1, 0.15) is 18.1 Å². The van der Waals surface area contributed by atoms with Gasteiger partial charge in [0.05, 0.1) is 12.2 Å². The first-order valence-corrected chi connectivity index (χ1v) is 9.34. The van der Waals surface area contributed by atoms with E-state index in [0.29, 0.717) is 30.9 Å². The number of nitrogens with zero attached hydrogens (tertiary/aromatic N) is 4. The van der Waals surface area contributed by atoms with Gasteiger partial charge in [-0.3, -0.25) is 9.59 Å². The minimum atomic E-state index is -0.143. The minimum absolute atomic E-state index is 0.0385. The topological polar surface area (TPSA) is 89.4 Å². The van der Waals surface area contributed by atoms with Crippen LogP contribution >= 0.6 is 0 Å². The third-order valence-corrected chi connectivity index (χ3v) is 4.66. The molecule has 8 heteroatoms. The molecule has 148 valence electrons. The maximum Gasteiger partial charge on any atom is 0.254 e. The van der Waals surface area contributed by atoms with Crippen LogP contribution in [0.2, 0.25) is 0 Å². The molecule has 2 heterocycles. The minimum Gasteiger partial charge on any atom is -0.487 e. The van der Waals surface area contributed by atoms with E-state index in [2.05, 4.69) is 15.6 Å². The fourth-order valence-corrected chi connectivity index (χ4v) is 3.10. The molecule has 0 spiro atoms. The molecule has 0 unspecified atom stereocenters. The van der Waals surface area contributed by atoms with Crippen LogP contribution in [0, 0.1) is 0 Å². The summed E-state index contributed by atoms with van der Waals surface area (Å²) in [5, 5.41) is 11.0. The highest BCUT2D eigenvalue weighted by Crippen LogP contribution is 2.23. The Morgan fingerprint density at radius 2 is 1.83 bits per heavy atom. The van der Waals surface area contributed by atoms with Crippen molar-refractivity contribution < 1.29 is 14.3 Å². The molecule has 29 heavy (non-hydrogen) atoms.